The Morgan fingerprint density at radius 3 is 1.69 bits per heavy atom. The molecule has 196 valence electrons. The molecular formula is C40H24O2. The molecule has 42 heavy (non-hydrogen) atoms. The van der Waals surface area contributed by atoms with Gasteiger partial charge in [0, 0.05) is 21.7 Å². The van der Waals surface area contributed by atoms with Crippen LogP contribution in [0.3, 0.4) is 0 Å². The Morgan fingerprint density at radius 1 is 0.429 bits per heavy atom. The maximum absolute atomic E-state index is 9.45. The molecule has 0 bridgehead atoms. The topological polar surface area (TPSA) is 26.3 Å². The summed E-state index contributed by atoms with van der Waals surface area (Å²) in [7, 11) is 0. The number of hydrogen-bond donors (Lipinski definition) is 0. The number of rotatable bonds is 3. The van der Waals surface area contributed by atoms with Gasteiger partial charge in [0.15, 0.2) is 11.2 Å². The third kappa shape index (κ3) is 3.33. The lowest BCUT2D eigenvalue weighted by Gasteiger charge is -2.18. The Bertz CT molecular complexity index is 3670. The second-order valence-corrected chi connectivity index (χ2v) is 9.02. The second-order valence-electron chi connectivity index (χ2n) is 9.02. The molecule has 2 nitrogen and oxygen atoms in total. The molecule has 2 heteroatoms. The molecule has 0 amide bonds. The molecule has 0 atom stereocenters. The van der Waals surface area contributed by atoms with Crippen molar-refractivity contribution < 1.29 is 41.7 Å². The van der Waals surface area contributed by atoms with Gasteiger partial charge >= 0.3 is 0 Å². The Morgan fingerprint density at radius 2 is 1.02 bits per heavy atom. The molecule has 0 radical (unpaired) electrons. The molecule has 0 fully saturated rings. The monoisotopic (exact) mass is 560 g/mol. The van der Waals surface area contributed by atoms with Gasteiger partial charge in [0.1, 0.15) is 11.3 Å². The molecule has 0 aliphatic heterocycles. The molecule has 0 N–H and O–H groups in total. The van der Waals surface area contributed by atoms with Crippen molar-refractivity contribution in [3.8, 4) is 33.6 Å². The van der Waals surface area contributed by atoms with Crippen LogP contribution in [0.15, 0.2) is 154 Å². The average molecular weight is 561 g/mol. The summed E-state index contributed by atoms with van der Waals surface area (Å²) >= 11 is 0. The highest BCUT2D eigenvalue weighted by atomic mass is 16.4. The molecule has 9 aromatic rings. The summed E-state index contributed by atoms with van der Waals surface area (Å²) in [6, 6.07) is -20.6. The average Bonchev–Trinajstić information content (AvgIpc) is 3.85. The van der Waals surface area contributed by atoms with E-state index in [9.17, 15) is 8.22 Å². The zero-order valence-corrected chi connectivity index (χ0v) is 20.8. The molecule has 0 unspecified atom stereocenters. The zero-order valence-electron chi connectivity index (χ0n) is 44.8. The maximum atomic E-state index is 9.45. The predicted molar refractivity (Wildman–Crippen MR) is 175 cm³/mol. The van der Waals surface area contributed by atoms with Crippen molar-refractivity contribution in [1.29, 1.82) is 0 Å². The first-order chi connectivity index (χ1) is 30.8. The van der Waals surface area contributed by atoms with E-state index in [4.69, 9.17) is 33.5 Å². The van der Waals surface area contributed by atoms with Crippen LogP contribution < -0.4 is 0 Å². The van der Waals surface area contributed by atoms with Gasteiger partial charge in [-0.3, -0.25) is 0 Å². The van der Waals surface area contributed by atoms with E-state index in [-0.39, 0.29) is 0 Å². The van der Waals surface area contributed by atoms with Gasteiger partial charge in [-0.2, -0.15) is 0 Å². The maximum Gasteiger partial charge on any atom is 0.178 e. The lowest BCUT2D eigenvalue weighted by molar-refractivity contribution is 0.611. The van der Waals surface area contributed by atoms with Gasteiger partial charge in [-0.1, -0.05) is 127 Å². The Kier molecular flexibility index (Phi) is 2.08. The standard InChI is InChI=1S/C40H24O2/c1-3-12-25(13-4-1)35-24-27-22-23-33-38-32(20-11-21-34(38)41-40(33)39(27)42-35)37-30-18-9-7-16-28(30)36(26-14-5-2-6-15-26)29-17-8-10-19-31(29)37/h1-24H/i1D,2D,3D,4D,5D,6D,7D,8D,9D,10D,11D,12D,13D,14D,15D,16D,17D,18D,19D,20D,21D,22D,23D,24D. The Labute approximate surface area is 275 Å². The molecule has 9 rings (SSSR count). The zero-order chi connectivity index (χ0) is 48.5. The van der Waals surface area contributed by atoms with Crippen LogP contribution in [0.1, 0.15) is 32.9 Å². The number of hydrogen-bond acceptors (Lipinski definition) is 2. The smallest absolute Gasteiger partial charge is 0.178 e. The molecule has 0 saturated heterocycles. The SMILES string of the molecule is [2H]c1c([2H])c([2H])c(-c2oc3c(c2[2H])c([2H])c([2H])c2c3oc3c([2H])c([2H])c([2H])c(-c4c5c([2H])c([2H])c([2H])c([2H])c5c(-c5c([2H])c([2H])c([2H])c([2H])c5[2H])c5c([2H])c([2H])c([2H])c([2H])c45)c32)c([2H])c1[2H]. The molecule has 2 aromatic heterocycles. The minimum atomic E-state index is -0.931. The minimum absolute atomic E-state index is 0.458. The van der Waals surface area contributed by atoms with Crippen molar-refractivity contribution in [2.24, 2.45) is 0 Å². The number of benzene rings is 7. The molecule has 0 spiro atoms. The summed E-state index contributed by atoms with van der Waals surface area (Å²) in [5.41, 5.74) is -4.83. The van der Waals surface area contributed by atoms with Crippen LogP contribution in [0.25, 0.3) is 88.0 Å². The van der Waals surface area contributed by atoms with Gasteiger partial charge in [-0.15, -0.1) is 0 Å². The van der Waals surface area contributed by atoms with E-state index < -0.39 is 233 Å². The van der Waals surface area contributed by atoms with Crippen molar-refractivity contribution in [3.63, 3.8) is 0 Å². The number of furan rings is 2. The van der Waals surface area contributed by atoms with Crippen LogP contribution in [0.5, 0.6) is 0 Å². The summed E-state index contributed by atoms with van der Waals surface area (Å²) in [6.45, 7) is 0. The van der Waals surface area contributed by atoms with Crippen LogP contribution in [-0.4, -0.2) is 0 Å². The number of fused-ring (bicyclic) bond motifs is 7. The summed E-state index contributed by atoms with van der Waals surface area (Å²) in [4.78, 5) is 0. The normalized spacial score (nSPS) is 19.8. The summed E-state index contributed by atoms with van der Waals surface area (Å²) < 4.78 is 224. The Hall–Kier alpha value is -5.60. The lowest BCUT2D eigenvalue weighted by atomic mass is 9.85. The van der Waals surface area contributed by atoms with Gasteiger partial charge in [0.2, 0.25) is 0 Å². The van der Waals surface area contributed by atoms with Crippen LogP contribution in [0.2, 0.25) is 0 Å². The van der Waals surface area contributed by atoms with E-state index in [0.717, 1.165) is 0 Å². The van der Waals surface area contributed by atoms with Gasteiger partial charge in [0.25, 0.3) is 0 Å². The molecule has 2 heterocycles. The molecular weight excluding hydrogens is 512 g/mol. The molecule has 0 aliphatic carbocycles. The Balaban J connectivity index is 1.60. The van der Waals surface area contributed by atoms with Crippen molar-refractivity contribution >= 4 is 54.5 Å². The van der Waals surface area contributed by atoms with Crippen LogP contribution in [0.4, 0.5) is 0 Å². The summed E-state index contributed by atoms with van der Waals surface area (Å²) in [5.74, 6) is -0.635. The van der Waals surface area contributed by atoms with Crippen LogP contribution >= 0.6 is 0 Å². The first-order valence-electron chi connectivity index (χ1n) is 24.3. The highest BCUT2D eigenvalue weighted by Crippen LogP contribution is 2.47. The van der Waals surface area contributed by atoms with E-state index in [1.165, 1.54) is 0 Å². The van der Waals surface area contributed by atoms with E-state index in [0.29, 0.717) is 0 Å². The van der Waals surface area contributed by atoms with Gasteiger partial charge in [0.05, 0.1) is 32.9 Å². The molecule has 0 aliphatic rings. The fourth-order valence-corrected chi connectivity index (χ4v) is 5.14. The highest BCUT2D eigenvalue weighted by Gasteiger charge is 2.21. The van der Waals surface area contributed by atoms with Gasteiger partial charge < -0.3 is 8.83 Å². The third-order valence-corrected chi connectivity index (χ3v) is 6.81. The quantitative estimate of drug-likeness (QED) is 0.201. The van der Waals surface area contributed by atoms with Gasteiger partial charge in [-0.25, -0.2) is 0 Å². The highest BCUT2D eigenvalue weighted by molar-refractivity contribution is 6.26. The van der Waals surface area contributed by atoms with E-state index in [1.807, 2.05) is 0 Å². The molecule has 7 aromatic carbocycles. The van der Waals surface area contributed by atoms with Crippen molar-refractivity contribution in [2.45, 2.75) is 0 Å². The van der Waals surface area contributed by atoms with E-state index in [2.05, 4.69) is 0 Å². The van der Waals surface area contributed by atoms with E-state index >= 15 is 0 Å². The van der Waals surface area contributed by atoms with E-state index in [1.54, 1.807) is 0 Å². The minimum Gasteiger partial charge on any atom is -0.452 e. The largest absolute Gasteiger partial charge is 0.452 e. The van der Waals surface area contributed by atoms with Crippen LogP contribution in [-0.2, 0) is 0 Å². The van der Waals surface area contributed by atoms with Crippen LogP contribution in [0, 0.1) is 0 Å². The fraction of sp³-hybridized carbons (Fsp3) is 0. The molecule has 0 saturated carbocycles. The fourth-order valence-electron chi connectivity index (χ4n) is 5.14. The first kappa shape index (κ1) is 9.75. The summed E-state index contributed by atoms with van der Waals surface area (Å²) in [5, 5.41) is -3.99. The second kappa shape index (κ2) is 8.95. The van der Waals surface area contributed by atoms with Gasteiger partial charge in [-0.05, 0) is 61.9 Å². The predicted octanol–water partition coefficient (Wildman–Crippen LogP) is 11.6. The summed E-state index contributed by atoms with van der Waals surface area (Å²) in [6.07, 6.45) is 0. The first-order valence-corrected chi connectivity index (χ1v) is 12.3. The third-order valence-electron chi connectivity index (χ3n) is 6.81. The van der Waals surface area contributed by atoms with Crippen molar-refractivity contribution in [2.75, 3.05) is 0 Å². The lowest BCUT2D eigenvalue weighted by Crippen LogP contribution is -1.91. The van der Waals surface area contributed by atoms with Crippen molar-refractivity contribution in [1.82, 2.24) is 0 Å². The van der Waals surface area contributed by atoms with Crippen molar-refractivity contribution in [3.05, 3.63) is 145 Å².